The van der Waals surface area contributed by atoms with Gasteiger partial charge in [-0.05, 0) is 30.5 Å². The molecule has 1 aromatic carbocycles. The summed E-state index contributed by atoms with van der Waals surface area (Å²) in [6.07, 6.45) is 1.13. The van der Waals surface area contributed by atoms with Crippen LogP contribution in [0.1, 0.15) is 22.3 Å². The van der Waals surface area contributed by atoms with Crippen molar-refractivity contribution in [1.29, 1.82) is 0 Å². The van der Waals surface area contributed by atoms with E-state index >= 15 is 0 Å². The molecule has 0 aliphatic carbocycles. The number of carbonyl (C=O) groups is 1. The van der Waals surface area contributed by atoms with Gasteiger partial charge in [-0.25, -0.2) is 0 Å². The van der Waals surface area contributed by atoms with E-state index in [1.807, 2.05) is 24.3 Å². The third-order valence-electron chi connectivity index (χ3n) is 4.09. The van der Waals surface area contributed by atoms with Crippen LogP contribution in [-0.4, -0.2) is 57.8 Å². The monoisotopic (exact) mass is 306 g/mol. The van der Waals surface area contributed by atoms with Crippen molar-refractivity contribution in [2.24, 2.45) is 5.92 Å². The Labute approximate surface area is 132 Å². The van der Waals surface area contributed by atoms with Gasteiger partial charge in [0.1, 0.15) is 0 Å². The number of methoxy groups -OCH3 is 2. The lowest BCUT2D eigenvalue weighted by atomic mass is 10.1. The summed E-state index contributed by atoms with van der Waals surface area (Å²) in [4.78, 5) is 14.7. The Bertz CT molecular complexity index is 479. The number of rotatable bonds is 8. The number of nitrogens with zero attached hydrogens (tertiary/aromatic N) is 1. The summed E-state index contributed by atoms with van der Waals surface area (Å²) in [6.45, 7) is 5.04. The van der Waals surface area contributed by atoms with Crippen molar-refractivity contribution < 1.29 is 14.3 Å². The minimum absolute atomic E-state index is 0.0111. The van der Waals surface area contributed by atoms with E-state index in [1.54, 1.807) is 14.2 Å². The largest absolute Gasteiger partial charge is 0.383 e. The summed E-state index contributed by atoms with van der Waals surface area (Å²) in [6, 6.07) is 7.59. The maximum atomic E-state index is 12.4. The first-order valence-electron chi connectivity index (χ1n) is 7.81. The minimum atomic E-state index is -0.0111. The van der Waals surface area contributed by atoms with Crippen molar-refractivity contribution in [3.63, 3.8) is 0 Å². The molecule has 1 atom stereocenters. The van der Waals surface area contributed by atoms with E-state index in [0.717, 1.165) is 44.8 Å². The van der Waals surface area contributed by atoms with Crippen molar-refractivity contribution >= 4 is 5.91 Å². The van der Waals surface area contributed by atoms with Gasteiger partial charge in [-0.1, -0.05) is 18.2 Å². The van der Waals surface area contributed by atoms with Crippen LogP contribution in [0.5, 0.6) is 0 Å². The number of likely N-dealkylation sites (tertiary alicyclic amines) is 1. The molecule has 2 rings (SSSR count). The highest BCUT2D eigenvalue weighted by atomic mass is 16.5. The molecule has 1 amide bonds. The van der Waals surface area contributed by atoms with Crippen molar-refractivity contribution in [1.82, 2.24) is 10.2 Å². The summed E-state index contributed by atoms with van der Waals surface area (Å²) in [5.74, 6) is 0.512. The molecule has 0 bridgehead atoms. The lowest BCUT2D eigenvalue weighted by Crippen LogP contribution is -2.32. The molecule has 1 aliphatic heterocycles. The summed E-state index contributed by atoms with van der Waals surface area (Å²) in [5.41, 5.74) is 1.63. The predicted octanol–water partition coefficient (Wildman–Crippen LogP) is 1.53. The molecule has 122 valence electrons. The van der Waals surface area contributed by atoms with Crippen LogP contribution in [0.4, 0.5) is 0 Å². The highest BCUT2D eigenvalue weighted by molar-refractivity contribution is 5.95. The Morgan fingerprint density at radius 1 is 1.32 bits per heavy atom. The second-order valence-corrected chi connectivity index (χ2v) is 5.75. The van der Waals surface area contributed by atoms with Gasteiger partial charge >= 0.3 is 0 Å². The average molecular weight is 306 g/mol. The Hall–Kier alpha value is -1.43. The molecular formula is C17H26N2O3. The average Bonchev–Trinajstić information content (AvgIpc) is 2.99. The van der Waals surface area contributed by atoms with Gasteiger partial charge in [0.2, 0.25) is 0 Å². The fourth-order valence-corrected chi connectivity index (χ4v) is 2.86. The van der Waals surface area contributed by atoms with Crippen LogP contribution < -0.4 is 5.32 Å². The van der Waals surface area contributed by atoms with E-state index < -0.39 is 0 Å². The van der Waals surface area contributed by atoms with Crippen molar-refractivity contribution in [2.45, 2.75) is 13.0 Å². The van der Waals surface area contributed by atoms with Gasteiger partial charge in [0.05, 0.1) is 13.2 Å². The Balaban J connectivity index is 1.81. The number of nitrogens with one attached hydrogen (secondary N) is 1. The quantitative estimate of drug-likeness (QED) is 0.791. The molecule has 0 aromatic heterocycles. The van der Waals surface area contributed by atoms with Crippen LogP contribution in [0.15, 0.2) is 24.3 Å². The summed E-state index contributed by atoms with van der Waals surface area (Å²) < 4.78 is 10.3. The van der Waals surface area contributed by atoms with Gasteiger partial charge in [-0.15, -0.1) is 0 Å². The summed E-state index contributed by atoms with van der Waals surface area (Å²) in [5, 5.41) is 3.06. The third-order valence-corrected chi connectivity index (χ3v) is 4.09. The Morgan fingerprint density at radius 3 is 2.91 bits per heavy atom. The van der Waals surface area contributed by atoms with Crippen LogP contribution >= 0.6 is 0 Å². The number of ether oxygens (including phenoxy) is 2. The zero-order valence-corrected chi connectivity index (χ0v) is 13.5. The van der Waals surface area contributed by atoms with Crippen LogP contribution in [0.2, 0.25) is 0 Å². The molecule has 1 fully saturated rings. The highest BCUT2D eigenvalue weighted by Crippen LogP contribution is 2.15. The van der Waals surface area contributed by atoms with Crippen molar-refractivity contribution in [2.75, 3.05) is 47.0 Å². The molecule has 22 heavy (non-hydrogen) atoms. The second-order valence-electron chi connectivity index (χ2n) is 5.75. The van der Waals surface area contributed by atoms with Gasteiger partial charge in [0.15, 0.2) is 0 Å². The standard InChI is InChI=1S/C17H26N2O3/c1-21-10-9-19-8-7-14(12-19)11-18-17(20)16-6-4-3-5-15(16)13-22-2/h3-6,14H,7-13H2,1-2H3,(H,18,20)/t14-/m0/s1. The lowest BCUT2D eigenvalue weighted by molar-refractivity contribution is 0.0942. The maximum absolute atomic E-state index is 12.4. The number of hydrogen-bond acceptors (Lipinski definition) is 4. The van der Waals surface area contributed by atoms with Crippen LogP contribution in [0.3, 0.4) is 0 Å². The van der Waals surface area contributed by atoms with Crippen LogP contribution in [0.25, 0.3) is 0 Å². The summed E-state index contributed by atoms with van der Waals surface area (Å²) in [7, 11) is 3.37. The Kier molecular flexibility index (Phi) is 6.83. The van der Waals surface area contributed by atoms with Gasteiger partial charge in [-0.2, -0.15) is 0 Å². The number of hydrogen-bond donors (Lipinski definition) is 1. The van der Waals surface area contributed by atoms with E-state index in [0.29, 0.717) is 18.1 Å². The number of carbonyl (C=O) groups excluding carboxylic acids is 1. The van der Waals surface area contributed by atoms with E-state index in [1.165, 1.54) is 0 Å². The molecule has 0 unspecified atom stereocenters. The SMILES string of the molecule is COCCN1CC[C@@H](CNC(=O)c2ccccc2COC)C1. The first kappa shape index (κ1) is 16.9. The molecule has 1 N–H and O–H groups in total. The molecule has 1 heterocycles. The van der Waals surface area contributed by atoms with E-state index in [2.05, 4.69) is 10.2 Å². The third kappa shape index (κ3) is 4.80. The van der Waals surface area contributed by atoms with Gasteiger partial charge < -0.3 is 19.7 Å². The van der Waals surface area contributed by atoms with Gasteiger partial charge in [0.25, 0.3) is 5.91 Å². The van der Waals surface area contributed by atoms with E-state index in [4.69, 9.17) is 9.47 Å². The topological polar surface area (TPSA) is 50.8 Å². The fourth-order valence-electron chi connectivity index (χ4n) is 2.86. The molecule has 5 nitrogen and oxygen atoms in total. The zero-order valence-electron chi connectivity index (χ0n) is 13.5. The predicted molar refractivity (Wildman–Crippen MR) is 85.9 cm³/mol. The molecule has 0 saturated carbocycles. The van der Waals surface area contributed by atoms with E-state index in [9.17, 15) is 4.79 Å². The van der Waals surface area contributed by atoms with Crippen molar-refractivity contribution in [3.05, 3.63) is 35.4 Å². The Morgan fingerprint density at radius 2 is 2.14 bits per heavy atom. The fraction of sp³-hybridized carbons (Fsp3) is 0.588. The summed E-state index contributed by atoms with van der Waals surface area (Å²) >= 11 is 0. The second kappa shape index (κ2) is 8.88. The number of benzene rings is 1. The lowest BCUT2D eigenvalue weighted by Gasteiger charge is -2.16. The first-order valence-corrected chi connectivity index (χ1v) is 7.81. The number of amides is 1. The molecular weight excluding hydrogens is 280 g/mol. The molecule has 1 saturated heterocycles. The maximum Gasteiger partial charge on any atom is 0.251 e. The smallest absolute Gasteiger partial charge is 0.251 e. The van der Waals surface area contributed by atoms with E-state index in [-0.39, 0.29) is 5.91 Å². The van der Waals surface area contributed by atoms with Crippen LogP contribution in [0, 0.1) is 5.92 Å². The first-order chi connectivity index (χ1) is 10.7. The minimum Gasteiger partial charge on any atom is -0.383 e. The van der Waals surface area contributed by atoms with Gasteiger partial charge in [-0.3, -0.25) is 4.79 Å². The van der Waals surface area contributed by atoms with Crippen molar-refractivity contribution in [3.8, 4) is 0 Å². The highest BCUT2D eigenvalue weighted by Gasteiger charge is 2.22. The van der Waals surface area contributed by atoms with Crippen LogP contribution in [-0.2, 0) is 16.1 Å². The zero-order chi connectivity index (χ0) is 15.8. The normalized spacial score (nSPS) is 18.5. The molecule has 1 aliphatic rings. The molecule has 0 radical (unpaired) electrons. The van der Waals surface area contributed by atoms with Gasteiger partial charge in [0, 0.05) is 39.4 Å². The molecule has 5 heteroatoms. The molecule has 0 spiro atoms. The molecule has 1 aromatic rings.